The van der Waals surface area contributed by atoms with Crippen molar-refractivity contribution in [3.63, 3.8) is 0 Å². The first-order chi connectivity index (χ1) is 6.76. The second-order valence-electron chi connectivity index (χ2n) is 2.58. The largest absolute Gasteiger partial charge is 0.299 e. The number of hydrogen-bond acceptors (Lipinski definition) is 3. The molecule has 0 aromatic rings. The predicted octanol–water partition coefficient (Wildman–Crippen LogP) is 1.40. The van der Waals surface area contributed by atoms with Crippen LogP contribution in [0.4, 0.5) is 0 Å². The highest BCUT2D eigenvalue weighted by Gasteiger charge is 1.96. The Kier molecular flexibility index (Phi) is 6.86. The van der Waals surface area contributed by atoms with Crippen LogP contribution in [0.5, 0.6) is 0 Å². The second kappa shape index (κ2) is 7.86. The number of rotatable bonds is 6. The predicted molar refractivity (Wildman–Crippen MR) is 53.8 cm³/mol. The lowest BCUT2D eigenvalue weighted by Gasteiger charge is -2.01. The molecule has 0 atom stereocenters. The van der Waals surface area contributed by atoms with Crippen LogP contribution < -0.4 is 0 Å². The summed E-state index contributed by atoms with van der Waals surface area (Å²) in [6.45, 7) is 1.73. The third-order valence-electron chi connectivity index (χ3n) is 1.65. The van der Waals surface area contributed by atoms with E-state index < -0.39 is 0 Å². The zero-order valence-electron chi connectivity index (χ0n) is 7.97. The molecule has 0 amide bonds. The SMILES string of the molecule is CC(=CC=O)C(=CC=O)CC=CC=O. The van der Waals surface area contributed by atoms with Gasteiger partial charge in [-0.2, -0.15) is 0 Å². The van der Waals surface area contributed by atoms with Gasteiger partial charge >= 0.3 is 0 Å². The van der Waals surface area contributed by atoms with Crippen LogP contribution in [-0.2, 0) is 14.4 Å². The van der Waals surface area contributed by atoms with Gasteiger partial charge in [0.15, 0.2) is 0 Å². The van der Waals surface area contributed by atoms with Crippen molar-refractivity contribution in [2.45, 2.75) is 13.3 Å². The summed E-state index contributed by atoms with van der Waals surface area (Å²) < 4.78 is 0. The zero-order valence-corrected chi connectivity index (χ0v) is 7.97. The standard InChI is InChI=1S/C11H12O3/c1-10(5-8-13)11(6-9-14)4-2-3-7-12/h2-3,5-9H,4H2,1H3. The summed E-state index contributed by atoms with van der Waals surface area (Å²) in [4.78, 5) is 30.5. The van der Waals surface area contributed by atoms with Gasteiger partial charge in [-0.05, 0) is 42.7 Å². The Morgan fingerprint density at radius 3 is 2.14 bits per heavy atom. The number of carbonyl (C=O) groups is 3. The Bertz CT molecular complexity index is 296. The highest BCUT2D eigenvalue weighted by atomic mass is 16.1. The highest BCUT2D eigenvalue weighted by Crippen LogP contribution is 2.12. The lowest BCUT2D eigenvalue weighted by atomic mass is 10.0. The van der Waals surface area contributed by atoms with Crippen molar-refractivity contribution in [2.75, 3.05) is 0 Å². The van der Waals surface area contributed by atoms with Crippen molar-refractivity contribution in [1.29, 1.82) is 0 Å². The third kappa shape index (κ3) is 4.98. The molecule has 0 saturated carbocycles. The molecule has 0 aliphatic rings. The maximum absolute atomic E-state index is 10.3. The Hall–Kier alpha value is -1.77. The minimum Gasteiger partial charge on any atom is -0.299 e. The minimum absolute atomic E-state index is 0.466. The smallest absolute Gasteiger partial charge is 0.143 e. The molecular weight excluding hydrogens is 180 g/mol. The fraction of sp³-hybridized carbons (Fsp3) is 0.182. The first kappa shape index (κ1) is 12.2. The zero-order chi connectivity index (χ0) is 10.8. The molecule has 0 rings (SSSR count). The van der Waals surface area contributed by atoms with Crippen LogP contribution >= 0.6 is 0 Å². The monoisotopic (exact) mass is 192 g/mol. The molecule has 0 fully saturated rings. The lowest BCUT2D eigenvalue weighted by Crippen LogP contribution is -1.86. The van der Waals surface area contributed by atoms with Crippen LogP contribution in [0.1, 0.15) is 13.3 Å². The van der Waals surface area contributed by atoms with E-state index in [1.165, 1.54) is 18.2 Å². The summed E-state index contributed by atoms with van der Waals surface area (Å²) in [6, 6.07) is 0. The third-order valence-corrected chi connectivity index (χ3v) is 1.65. The minimum atomic E-state index is 0.466. The highest BCUT2D eigenvalue weighted by molar-refractivity contribution is 5.72. The summed E-state index contributed by atoms with van der Waals surface area (Å²) in [5.41, 5.74) is 1.45. The Morgan fingerprint density at radius 2 is 1.64 bits per heavy atom. The van der Waals surface area contributed by atoms with Gasteiger partial charge in [-0.3, -0.25) is 14.4 Å². The summed E-state index contributed by atoms with van der Waals surface area (Å²) in [5.74, 6) is 0. The van der Waals surface area contributed by atoms with Crippen LogP contribution in [0.25, 0.3) is 0 Å². The molecule has 74 valence electrons. The van der Waals surface area contributed by atoms with Gasteiger partial charge in [0.1, 0.15) is 18.9 Å². The van der Waals surface area contributed by atoms with Gasteiger partial charge in [0.05, 0.1) is 0 Å². The van der Waals surface area contributed by atoms with E-state index >= 15 is 0 Å². The molecule has 0 bridgehead atoms. The number of allylic oxidation sites excluding steroid dienone is 6. The molecule has 3 heteroatoms. The average Bonchev–Trinajstić information content (AvgIpc) is 2.17. The summed E-state index contributed by atoms with van der Waals surface area (Å²) >= 11 is 0. The van der Waals surface area contributed by atoms with E-state index in [1.54, 1.807) is 13.0 Å². The first-order valence-corrected chi connectivity index (χ1v) is 4.13. The van der Waals surface area contributed by atoms with E-state index in [4.69, 9.17) is 0 Å². The second-order valence-corrected chi connectivity index (χ2v) is 2.58. The van der Waals surface area contributed by atoms with E-state index in [-0.39, 0.29) is 0 Å². The van der Waals surface area contributed by atoms with Gasteiger partial charge in [0.25, 0.3) is 0 Å². The normalized spacial score (nSPS) is 12.9. The van der Waals surface area contributed by atoms with Crippen LogP contribution in [0.2, 0.25) is 0 Å². The lowest BCUT2D eigenvalue weighted by molar-refractivity contribution is -0.105. The Morgan fingerprint density at radius 1 is 1.00 bits per heavy atom. The molecule has 0 N–H and O–H groups in total. The van der Waals surface area contributed by atoms with Gasteiger partial charge in [-0.1, -0.05) is 6.08 Å². The quantitative estimate of drug-likeness (QED) is 0.363. The maximum atomic E-state index is 10.3. The van der Waals surface area contributed by atoms with Gasteiger partial charge in [0.2, 0.25) is 0 Å². The fourth-order valence-electron chi connectivity index (χ4n) is 0.902. The first-order valence-electron chi connectivity index (χ1n) is 4.13. The van der Waals surface area contributed by atoms with Crippen LogP contribution in [0.3, 0.4) is 0 Å². The van der Waals surface area contributed by atoms with Crippen molar-refractivity contribution in [3.05, 3.63) is 35.5 Å². The molecule has 0 saturated heterocycles. The molecule has 0 aliphatic carbocycles. The van der Waals surface area contributed by atoms with Crippen molar-refractivity contribution in [1.82, 2.24) is 0 Å². The number of aldehydes is 3. The van der Waals surface area contributed by atoms with E-state index in [2.05, 4.69) is 0 Å². The molecule has 0 unspecified atom stereocenters. The molecule has 0 aromatic carbocycles. The Balaban J connectivity index is 4.60. The molecule has 0 radical (unpaired) electrons. The molecule has 0 aliphatic heterocycles. The molecular formula is C11H12O3. The van der Waals surface area contributed by atoms with Gasteiger partial charge in [-0.15, -0.1) is 0 Å². The van der Waals surface area contributed by atoms with Gasteiger partial charge in [0, 0.05) is 0 Å². The average molecular weight is 192 g/mol. The number of hydrogen-bond donors (Lipinski definition) is 0. The van der Waals surface area contributed by atoms with E-state index in [0.29, 0.717) is 25.3 Å². The van der Waals surface area contributed by atoms with Crippen LogP contribution in [-0.4, -0.2) is 18.9 Å². The van der Waals surface area contributed by atoms with E-state index in [0.717, 1.165) is 11.1 Å². The van der Waals surface area contributed by atoms with Crippen LogP contribution in [0.15, 0.2) is 35.5 Å². The molecule has 0 spiro atoms. The Labute approximate surface area is 82.8 Å². The van der Waals surface area contributed by atoms with Crippen LogP contribution in [0, 0.1) is 0 Å². The van der Waals surface area contributed by atoms with E-state index in [9.17, 15) is 14.4 Å². The number of carbonyl (C=O) groups excluding carboxylic acids is 3. The topological polar surface area (TPSA) is 51.2 Å². The van der Waals surface area contributed by atoms with Gasteiger partial charge in [-0.25, -0.2) is 0 Å². The van der Waals surface area contributed by atoms with Gasteiger partial charge < -0.3 is 0 Å². The molecule has 0 heterocycles. The van der Waals surface area contributed by atoms with Crippen molar-refractivity contribution >= 4 is 18.9 Å². The summed E-state index contributed by atoms with van der Waals surface area (Å²) in [5, 5.41) is 0. The molecule has 0 aromatic heterocycles. The maximum Gasteiger partial charge on any atom is 0.143 e. The molecule has 14 heavy (non-hydrogen) atoms. The van der Waals surface area contributed by atoms with Crippen molar-refractivity contribution < 1.29 is 14.4 Å². The summed E-state index contributed by atoms with van der Waals surface area (Å²) in [6.07, 6.45) is 8.19. The molecule has 3 nitrogen and oxygen atoms in total. The van der Waals surface area contributed by atoms with Crippen molar-refractivity contribution in [2.24, 2.45) is 0 Å². The summed E-state index contributed by atoms with van der Waals surface area (Å²) in [7, 11) is 0. The fourth-order valence-corrected chi connectivity index (χ4v) is 0.902. The van der Waals surface area contributed by atoms with Crippen molar-refractivity contribution in [3.8, 4) is 0 Å². The van der Waals surface area contributed by atoms with E-state index in [1.807, 2.05) is 0 Å².